The zero-order valence-electron chi connectivity index (χ0n) is 17.5. The van der Waals surface area contributed by atoms with Crippen LogP contribution in [0.3, 0.4) is 0 Å². The predicted molar refractivity (Wildman–Crippen MR) is 130 cm³/mol. The number of hydrogen-bond acceptors (Lipinski definition) is 7. The van der Waals surface area contributed by atoms with Crippen LogP contribution < -0.4 is 10.2 Å². The summed E-state index contributed by atoms with van der Waals surface area (Å²) >= 11 is 8.64. The maximum Gasteiger partial charge on any atom is 0.286 e. The third-order valence-corrected chi connectivity index (χ3v) is 7.37. The summed E-state index contributed by atoms with van der Waals surface area (Å²) in [4.78, 5) is 29.1. The van der Waals surface area contributed by atoms with E-state index in [0.29, 0.717) is 23.1 Å². The molecule has 2 aromatic carbocycles. The van der Waals surface area contributed by atoms with Gasteiger partial charge < -0.3 is 15.1 Å². The van der Waals surface area contributed by atoms with Crippen molar-refractivity contribution in [2.45, 2.75) is 11.3 Å². The summed E-state index contributed by atoms with van der Waals surface area (Å²) in [5, 5.41) is 11.8. The van der Waals surface area contributed by atoms with Gasteiger partial charge in [0.1, 0.15) is 0 Å². The molecule has 7 nitrogen and oxygen atoms in total. The molecular formula is C22H22ClN5O2S2. The van der Waals surface area contributed by atoms with Crippen molar-refractivity contribution >= 4 is 57.9 Å². The number of halogens is 1. The highest BCUT2D eigenvalue weighted by Gasteiger charge is 2.23. The number of rotatable bonds is 6. The van der Waals surface area contributed by atoms with Crippen LogP contribution in [-0.2, 0) is 4.79 Å². The highest BCUT2D eigenvalue weighted by Crippen LogP contribution is 2.26. The predicted octanol–water partition coefficient (Wildman–Crippen LogP) is 4.19. The average molecular weight is 488 g/mol. The van der Waals surface area contributed by atoms with E-state index in [9.17, 15) is 9.59 Å². The molecule has 3 aromatic rings. The Labute approximate surface area is 199 Å². The molecule has 0 radical (unpaired) electrons. The summed E-state index contributed by atoms with van der Waals surface area (Å²) in [5.41, 5.74) is 2.99. The molecule has 1 aliphatic heterocycles. The van der Waals surface area contributed by atoms with Crippen molar-refractivity contribution in [3.8, 4) is 0 Å². The van der Waals surface area contributed by atoms with Gasteiger partial charge in [-0.05, 0) is 36.8 Å². The highest BCUT2D eigenvalue weighted by molar-refractivity contribution is 8.01. The lowest BCUT2D eigenvalue weighted by Gasteiger charge is -2.36. The Morgan fingerprint density at radius 1 is 1.09 bits per heavy atom. The second kappa shape index (κ2) is 10.3. The number of hydrogen-bond donors (Lipinski definition) is 1. The smallest absolute Gasteiger partial charge is 0.286 e. The Balaban J connectivity index is 1.26. The number of aromatic nitrogens is 2. The van der Waals surface area contributed by atoms with Crippen LogP contribution in [0.1, 0.15) is 15.4 Å². The Morgan fingerprint density at radius 2 is 1.84 bits per heavy atom. The van der Waals surface area contributed by atoms with Crippen LogP contribution in [0, 0.1) is 6.92 Å². The number of para-hydroxylation sites is 1. The van der Waals surface area contributed by atoms with Crippen molar-refractivity contribution in [1.29, 1.82) is 0 Å². The van der Waals surface area contributed by atoms with E-state index in [-0.39, 0.29) is 22.6 Å². The fourth-order valence-electron chi connectivity index (χ4n) is 3.40. The van der Waals surface area contributed by atoms with Crippen LogP contribution in [0.15, 0.2) is 52.9 Å². The van der Waals surface area contributed by atoms with E-state index in [1.165, 1.54) is 28.7 Å². The van der Waals surface area contributed by atoms with Gasteiger partial charge in [0.15, 0.2) is 4.34 Å². The molecule has 1 aromatic heterocycles. The van der Waals surface area contributed by atoms with Crippen LogP contribution in [0.2, 0.25) is 5.02 Å². The van der Waals surface area contributed by atoms with Crippen molar-refractivity contribution in [2.24, 2.45) is 0 Å². The number of nitrogens with one attached hydrogen (secondary N) is 1. The van der Waals surface area contributed by atoms with Gasteiger partial charge in [0.05, 0.1) is 5.75 Å². The minimum atomic E-state index is -0.306. The van der Waals surface area contributed by atoms with Gasteiger partial charge in [0.2, 0.25) is 10.9 Å². The van der Waals surface area contributed by atoms with Gasteiger partial charge in [0, 0.05) is 42.6 Å². The Kier molecular flexibility index (Phi) is 7.29. The Bertz CT molecular complexity index is 1100. The molecule has 0 unspecified atom stereocenters. The summed E-state index contributed by atoms with van der Waals surface area (Å²) in [5.74, 6) is 0.0211. The lowest BCUT2D eigenvalue weighted by Crippen LogP contribution is -2.49. The van der Waals surface area contributed by atoms with Gasteiger partial charge in [-0.15, -0.1) is 10.2 Å². The van der Waals surface area contributed by atoms with Gasteiger partial charge in [-0.3, -0.25) is 9.59 Å². The highest BCUT2D eigenvalue weighted by atomic mass is 35.5. The zero-order chi connectivity index (χ0) is 22.5. The van der Waals surface area contributed by atoms with E-state index >= 15 is 0 Å². The number of amides is 2. The summed E-state index contributed by atoms with van der Waals surface area (Å²) < 4.78 is 0.602. The monoisotopic (exact) mass is 487 g/mol. The van der Waals surface area contributed by atoms with E-state index in [1.54, 1.807) is 12.1 Å². The van der Waals surface area contributed by atoms with Crippen molar-refractivity contribution in [2.75, 3.05) is 42.1 Å². The van der Waals surface area contributed by atoms with E-state index in [2.05, 4.69) is 27.3 Å². The fraction of sp³-hybridized carbons (Fsp3) is 0.273. The van der Waals surface area contributed by atoms with Crippen LogP contribution in [0.5, 0.6) is 0 Å². The van der Waals surface area contributed by atoms with E-state index in [1.807, 2.05) is 41.3 Å². The molecule has 1 aliphatic rings. The number of piperazine rings is 1. The molecule has 1 saturated heterocycles. The molecule has 10 heteroatoms. The quantitative estimate of drug-likeness (QED) is 0.525. The first-order valence-electron chi connectivity index (χ1n) is 10.1. The van der Waals surface area contributed by atoms with Gasteiger partial charge in [-0.25, -0.2) is 0 Å². The molecule has 1 N–H and O–H groups in total. The molecule has 166 valence electrons. The molecule has 0 saturated carbocycles. The van der Waals surface area contributed by atoms with E-state index in [4.69, 9.17) is 11.6 Å². The van der Waals surface area contributed by atoms with Crippen molar-refractivity contribution < 1.29 is 9.59 Å². The lowest BCUT2D eigenvalue weighted by molar-refractivity contribution is -0.128. The Hall–Kier alpha value is -2.62. The molecular weight excluding hydrogens is 466 g/mol. The van der Waals surface area contributed by atoms with Crippen molar-refractivity contribution in [1.82, 2.24) is 15.1 Å². The fourth-order valence-corrected chi connectivity index (χ4v) is 5.22. The number of anilines is 2. The largest absolute Gasteiger partial charge is 0.368 e. The van der Waals surface area contributed by atoms with Gasteiger partial charge in [-0.2, -0.15) is 0 Å². The summed E-state index contributed by atoms with van der Waals surface area (Å²) in [6, 6.07) is 15.1. The number of nitrogens with zero attached hydrogens (tertiary/aromatic N) is 4. The first-order valence-corrected chi connectivity index (χ1v) is 12.3. The molecule has 0 aliphatic carbocycles. The Morgan fingerprint density at radius 3 is 2.59 bits per heavy atom. The van der Waals surface area contributed by atoms with Gasteiger partial charge >= 0.3 is 0 Å². The number of carbonyl (C=O) groups is 2. The standard InChI is InChI=1S/C22H22ClN5O2S2/c1-15-7-8-16(23)13-18(15)27-9-11-28(12-10-27)19(29)14-31-22-26-25-21(32-22)20(30)24-17-5-3-2-4-6-17/h2-8,13H,9-12,14H2,1H3,(H,24,30). The molecule has 0 bridgehead atoms. The van der Waals surface area contributed by atoms with Crippen LogP contribution in [0.25, 0.3) is 0 Å². The van der Waals surface area contributed by atoms with Crippen LogP contribution in [-0.4, -0.2) is 58.8 Å². The molecule has 2 heterocycles. The summed E-state index contributed by atoms with van der Waals surface area (Å²) in [6.45, 7) is 4.91. The van der Waals surface area contributed by atoms with Crippen LogP contribution >= 0.6 is 34.7 Å². The first-order chi connectivity index (χ1) is 15.5. The maximum absolute atomic E-state index is 12.7. The zero-order valence-corrected chi connectivity index (χ0v) is 19.8. The molecule has 0 atom stereocenters. The van der Waals surface area contributed by atoms with E-state index < -0.39 is 0 Å². The number of benzene rings is 2. The maximum atomic E-state index is 12.7. The molecule has 1 fully saturated rings. The van der Waals surface area contributed by atoms with E-state index in [0.717, 1.165) is 23.8 Å². The molecule has 32 heavy (non-hydrogen) atoms. The third kappa shape index (κ3) is 5.59. The third-order valence-electron chi connectivity index (χ3n) is 5.10. The number of aryl methyl sites for hydroxylation is 1. The number of carbonyl (C=O) groups excluding carboxylic acids is 2. The summed E-state index contributed by atoms with van der Waals surface area (Å²) in [7, 11) is 0. The SMILES string of the molecule is Cc1ccc(Cl)cc1N1CCN(C(=O)CSc2nnc(C(=O)Nc3ccccc3)s2)CC1. The van der Waals surface area contributed by atoms with Crippen molar-refractivity contribution in [3.05, 3.63) is 64.1 Å². The minimum Gasteiger partial charge on any atom is -0.368 e. The normalized spacial score (nSPS) is 13.8. The molecule has 4 rings (SSSR count). The number of thioether (sulfide) groups is 1. The summed E-state index contributed by atoms with van der Waals surface area (Å²) in [6.07, 6.45) is 0. The average Bonchev–Trinajstić information content (AvgIpc) is 3.29. The minimum absolute atomic E-state index is 0.0583. The van der Waals surface area contributed by atoms with Crippen LogP contribution in [0.4, 0.5) is 11.4 Å². The molecule has 0 spiro atoms. The van der Waals surface area contributed by atoms with Crippen molar-refractivity contribution in [3.63, 3.8) is 0 Å². The lowest BCUT2D eigenvalue weighted by atomic mass is 10.1. The second-order valence-electron chi connectivity index (χ2n) is 7.28. The second-order valence-corrected chi connectivity index (χ2v) is 9.92. The molecule has 2 amide bonds. The topological polar surface area (TPSA) is 78.4 Å². The first kappa shape index (κ1) is 22.6. The van der Waals surface area contributed by atoms with Gasteiger partial charge in [0.25, 0.3) is 5.91 Å². The van der Waals surface area contributed by atoms with Gasteiger partial charge in [-0.1, -0.05) is 59.0 Å².